The fourth-order valence-electron chi connectivity index (χ4n) is 2.03. The molecule has 1 aromatic carbocycles. The lowest BCUT2D eigenvalue weighted by atomic mass is 10.2. The Labute approximate surface area is 128 Å². The van der Waals surface area contributed by atoms with E-state index >= 15 is 0 Å². The zero-order valence-corrected chi connectivity index (χ0v) is 12.6. The third-order valence-corrected chi connectivity index (χ3v) is 3.69. The van der Waals surface area contributed by atoms with Crippen molar-refractivity contribution in [2.45, 2.75) is 6.10 Å². The standard InChI is InChI=1S/C15H11BrO5/c1-19-15(18)11-6-5-10(20-11)13(17)12-7-8-3-2-4-9(16)14(8)21-12/h2-7,13,17H,1H3. The number of furan rings is 2. The third-order valence-electron chi connectivity index (χ3n) is 3.07. The molecule has 1 unspecified atom stereocenters. The van der Waals surface area contributed by atoms with Crippen molar-refractivity contribution in [2.24, 2.45) is 0 Å². The van der Waals surface area contributed by atoms with Crippen LogP contribution < -0.4 is 0 Å². The summed E-state index contributed by atoms with van der Waals surface area (Å²) in [5.41, 5.74) is 0.645. The smallest absolute Gasteiger partial charge is 0.373 e. The van der Waals surface area contributed by atoms with Gasteiger partial charge in [-0.1, -0.05) is 12.1 Å². The fourth-order valence-corrected chi connectivity index (χ4v) is 2.49. The van der Waals surface area contributed by atoms with E-state index in [2.05, 4.69) is 20.7 Å². The molecule has 2 aromatic heterocycles. The van der Waals surface area contributed by atoms with Gasteiger partial charge in [0, 0.05) is 5.39 Å². The van der Waals surface area contributed by atoms with Crippen LogP contribution in [0.4, 0.5) is 0 Å². The van der Waals surface area contributed by atoms with E-state index in [0.29, 0.717) is 11.3 Å². The molecule has 3 aromatic rings. The van der Waals surface area contributed by atoms with Gasteiger partial charge in [0.25, 0.3) is 0 Å². The molecule has 108 valence electrons. The van der Waals surface area contributed by atoms with Crippen LogP contribution in [0.1, 0.15) is 28.2 Å². The van der Waals surface area contributed by atoms with Crippen LogP contribution in [0, 0.1) is 0 Å². The van der Waals surface area contributed by atoms with Crippen molar-refractivity contribution >= 4 is 32.9 Å². The number of benzene rings is 1. The first-order valence-corrected chi connectivity index (χ1v) is 6.93. The Morgan fingerprint density at radius 3 is 2.76 bits per heavy atom. The highest BCUT2D eigenvalue weighted by Gasteiger charge is 2.21. The molecule has 2 heterocycles. The fraction of sp³-hybridized carbons (Fsp3) is 0.133. The summed E-state index contributed by atoms with van der Waals surface area (Å²) in [6.45, 7) is 0. The summed E-state index contributed by atoms with van der Waals surface area (Å²) >= 11 is 3.39. The van der Waals surface area contributed by atoms with Crippen LogP contribution >= 0.6 is 15.9 Å². The Kier molecular flexibility index (Phi) is 3.57. The Bertz CT molecular complexity index is 801. The molecule has 0 radical (unpaired) electrons. The van der Waals surface area contributed by atoms with E-state index in [-0.39, 0.29) is 11.5 Å². The number of carbonyl (C=O) groups excluding carboxylic acids is 1. The maximum atomic E-state index is 11.3. The zero-order chi connectivity index (χ0) is 15.0. The summed E-state index contributed by atoms with van der Waals surface area (Å²) in [5.74, 6) is -0.0158. The van der Waals surface area contributed by atoms with Gasteiger partial charge in [-0.2, -0.15) is 0 Å². The third kappa shape index (κ3) is 2.48. The van der Waals surface area contributed by atoms with Crippen LogP contribution in [0.5, 0.6) is 0 Å². The molecular weight excluding hydrogens is 340 g/mol. The Morgan fingerprint density at radius 2 is 2.05 bits per heavy atom. The Morgan fingerprint density at radius 1 is 1.24 bits per heavy atom. The van der Waals surface area contributed by atoms with E-state index in [1.165, 1.54) is 19.2 Å². The lowest BCUT2D eigenvalue weighted by Gasteiger charge is -2.03. The van der Waals surface area contributed by atoms with Crippen LogP contribution in [0.25, 0.3) is 11.0 Å². The van der Waals surface area contributed by atoms with Crippen molar-refractivity contribution in [3.63, 3.8) is 0 Å². The maximum absolute atomic E-state index is 11.3. The first-order chi connectivity index (χ1) is 10.1. The molecule has 6 heteroatoms. The van der Waals surface area contributed by atoms with Crippen LogP contribution in [0.2, 0.25) is 0 Å². The minimum atomic E-state index is -1.09. The number of fused-ring (bicyclic) bond motifs is 1. The highest BCUT2D eigenvalue weighted by atomic mass is 79.9. The number of aliphatic hydroxyl groups is 1. The summed E-state index contributed by atoms with van der Waals surface area (Å²) in [5, 5.41) is 11.2. The monoisotopic (exact) mass is 350 g/mol. The van der Waals surface area contributed by atoms with Gasteiger partial charge in [-0.25, -0.2) is 4.79 Å². The van der Waals surface area contributed by atoms with Gasteiger partial charge < -0.3 is 18.7 Å². The second-order valence-electron chi connectivity index (χ2n) is 4.40. The molecule has 0 bridgehead atoms. The molecule has 0 amide bonds. The molecule has 21 heavy (non-hydrogen) atoms. The Balaban J connectivity index is 1.96. The minimum absolute atomic E-state index is 0.0313. The van der Waals surface area contributed by atoms with Gasteiger partial charge in [0.15, 0.2) is 6.10 Å². The van der Waals surface area contributed by atoms with Gasteiger partial charge in [0.2, 0.25) is 5.76 Å². The van der Waals surface area contributed by atoms with Crippen LogP contribution in [-0.4, -0.2) is 18.2 Å². The summed E-state index contributed by atoms with van der Waals surface area (Å²) in [6.07, 6.45) is -1.09. The molecule has 0 aliphatic carbocycles. The molecule has 1 N–H and O–H groups in total. The zero-order valence-electron chi connectivity index (χ0n) is 11.0. The summed E-state index contributed by atoms with van der Waals surface area (Å²) in [6, 6.07) is 10.3. The number of carbonyl (C=O) groups is 1. The first-order valence-electron chi connectivity index (χ1n) is 6.14. The van der Waals surface area contributed by atoms with Crippen LogP contribution in [-0.2, 0) is 4.74 Å². The number of halogens is 1. The van der Waals surface area contributed by atoms with Crippen molar-refractivity contribution in [3.05, 3.63) is 58.2 Å². The van der Waals surface area contributed by atoms with Gasteiger partial charge in [0.05, 0.1) is 11.6 Å². The van der Waals surface area contributed by atoms with E-state index in [9.17, 15) is 9.90 Å². The quantitative estimate of drug-likeness (QED) is 0.729. The number of methoxy groups -OCH3 is 1. The summed E-state index contributed by atoms with van der Waals surface area (Å²) in [4.78, 5) is 11.3. The number of ether oxygens (including phenoxy) is 1. The maximum Gasteiger partial charge on any atom is 0.373 e. The first kappa shape index (κ1) is 13.9. The normalized spacial score (nSPS) is 12.5. The lowest BCUT2D eigenvalue weighted by Crippen LogP contribution is -1.99. The molecule has 0 aliphatic rings. The minimum Gasteiger partial charge on any atom is -0.463 e. The highest BCUT2D eigenvalue weighted by Crippen LogP contribution is 2.32. The summed E-state index contributed by atoms with van der Waals surface area (Å²) in [7, 11) is 1.26. The molecule has 1 atom stereocenters. The molecule has 0 aliphatic heterocycles. The van der Waals surface area contributed by atoms with Crippen molar-refractivity contribution in [2.75, 3.05) is 7.11 Å². The summed E-state index contributed by atoms with van der Waals surface area (Å²) < 4.78 is 16.3. The molecule has 0 saturated carbocycles. The number of para-hydroxylation sites is 1. The lowest BCUT2D eigenvalue weighted by molar-refractivity contribution is 0.0556. The van der Waals surface area contributed by atoms with Crippen LogP contribution in [0.15, 0.2) is 49.7 Å². The van der Waals surface area contributed by atoms with Crippen LogP contribution in [0.3, 0.4) is 0 Å². The van der Waals surface area contributed by atoms with Crippen molar-refractivity contribution in [3.8, 4) is 0 Å². The average molecular weight is 351 g/mol. The molecule has 5 nitrogen and oxygen atoms in total. The molecular formula is C15H11BrO5. The average Bonchev–Trinajstić information content (AvgIpc) is 3.13. The van der Waals surface area contributed by atoms with E-state index in [1.807, 2.05) is 18.2 Å². The van der Waals surface area contributed by atoms with Gasteiger partial charge in [-0.3, -0.25) is 0 Å². The highest BCUT2D eigenvalue weighted by molar-refractivity contribution is 9.10. The van der Waals surface area contributed by atoms with Gasteiger partial charge in [-0.05, 0) is 40.2 Å². The molecule has 3 rings (SSSR count). The number of hydrogen-bond donors (Lipinski definition) is 1. The molecule has 0 fully saturated rings. The predicted molar refractivity (Wildman–Crippen MR) is 78.0 cm³/mol. The number of aliphatic hydroxyl groups excluding tert-OH is 1. The van der Waals surface area contributed by atoms with Gasteiger partial charge >= 0.3 is 5.97 Å². The van der Waals surface area contributed by atoms with Crippen molar-refractivity contribution < 1.29 is 23.5 Å². The van der Waals surface area contributed by atoms with Gasteiger partial charge in [-0.15, -0.1) is 0 Å². The van der Waals surface area contributed by atoms with Gasteiger partial charge in [0.1, 0.15) is 17.1 Å². The molecule has 0 saturated heterocycles. The second kappa shape index (κ2) is 5.38. The second-order valence-corrected chi connectivity index (χ2v) is 5.26. The van der Waals surface area contributed by atoms with Crippen molar-refractivity contribution in [1.82, 2.24) is 0 Å². The predicted octanol–water partition coefficient (Wildman–Crippen LogP) is 3.66. The van der Waals surface area contributed by atoms with E-state index in [0.717, 1.165) is 9.86 Å². The number of hydrogen-bond acceptors (Lipinski definition) is 5. The van der Waals surface area contributed by atoms with Crippen molar-refractivity contribution in [1.29, 1.82) is 0 Å². The van der Waals surface area contributed by atoms with E-state index < -0.39 is 12.1 Å². The topological polar surface area (TPSA) is 72.8 Å². The SMILES string of the molecule is COC(=O)c1ccc(C(O)c2cc3cccc(Br)c3o2)o1. The number of rotatable bonds is 3. The van der Waals surface area contributed by atoms with E-state index in [4.69, 9.17) is 8.83 Å². The largest absolute Gasteiger partial charge is 0.463 e. The molecule has 0 spiro atoms. The number of esters is 1. The van der Waals surface area contributed by atoms with E-state index in [1.54, 1.807) is 6.07 Å². The Hall–Kier alpha value is -2.05.